The number of likely N-dealkylation sites (N-methyl/N-ethyl adjacent to an activating group) is 1. The molecule has 0 unspecified atom stereocenters. The highest BCUT2D eigenvalue weighted by atomic mass is 16.4. The first-order chi connectivity index (χ1) is 10.0. The Balaban J connectivity index is 1.77. The van der Waals surface area contributed by atoms with Crippen LogP contribution in [0.3, 0.4) is 0 Å². The number of aromatic nitrogens is 1. The van der Waals surface area contributed by atoms with E-state index in [4.69, 9.17) is 4.42 Å². The third kappa shape index (κ3) is 2.71. The molecule has 1 fully saturated rings. The summed E-state index contributed by atoms with van der Waals surface area (Å²) in [6.07, 6.45) is 0.360. The van der Waals surface area contributed by atoms with Gasteiger partial charge in [-0.3, -0.25) is 9.36 Å². The summed E-state index contributed by atoms with van der Waals surface area (Å²) in [6, 6.07) is 5.46. The van der Waals surface area contributed by atoms with Gasteiger partial charge in [0.2, 0.25) is 5.91 Å². The molecule has 1 saturated heterocycles. The topological polar surface area (TPSA) is 58.7 Å². The van der Waals surface area contributed by atoms with Crippen LogP contribution < -0.4 is 5.76 Å². The number of fused-ring (bicyclic) bond motifs is 1. The third-order valence-corrected chi connectivity index (χ3v) is 4.07. The molecule has 112 valence electrons. The Morgan fingerprint density at radius 3 is 2.62 bits per heavy atom. The van der Waals surface area contributed by atoms with Gasteiger partial charge in [0, 0.05) is 33.2 Å². The molecular formula is C15H19N3O3. The summed E-state index contributed by atoms with van der Waals surface area (Å²) < 4.78 is 6.55. The van der Waals surface area contributed by atoms with Crippen molar-refractivity contribution in [3.05, 3.63) is 34.3 Å². The van der Waals surface area contributed by atoms with Gasteiger partial charge in [0.15, 0.2) is 5.58 Å². The first kappa shape index (κ1) is 13.9. The fraction of sp³-hybridized carbons (Fsp3) is 0.467. The van der Waals surface area contributed by atoms with E-state index in [2.05, 4.69) is 11.9 Å². The number of carbonyl (C=O) groups excluding carboxylic acids is 1. The Kier molecular flexibility index (Phi) is 3.55. The van der Waals surface area contributed by atoms with Gasteiger partial charge in [-0.05, 0) is 24.7 Å². The highest BCUT2D eigenvalue weighted by molar-refractivity contribution is 5.81. The molecule has 1 amide bonds. The first-order valence-corrected chi connectivity index (χ1v) is 7.09. The molecule has 6 heteroatoms. The van der Waals surface area contributed by atoms with E-state index >= 15 is 0 Å². The van der Waals surface area contributed by atoms with Crippen molar-refractivity contribution in [2.45, 2.75) is 6.42 Å². The van der Waals surface area contributed by atoms with Crippen molar-refractivity contribution in [2.75, 3.05) is 33.2 Å². The minimum atomic E-state index is -0.382. The Labute approximate surface area is 122 Å². The standard InChI is InChI=1S/C15H19N3O3/c1-16-5-7-18(8-6-16)14(19)10-11-3-4-13-12(9-11)17(2)15(20)21-13/h3-4,9H,5-8,10H2,1-2H3. The molecule has 1 aliphatic rings. The van der Waals surface area contributed by atoms with Crippen LogP contribution in [0.2, 0.25) is 0 Å². The van der Waals surface area contributed by atoms with E-state index in [9.17, 15) is 9.59 Å². The van der Waals surface area contributed by atoms with Gasteiger partial charge in [-0.1, -0.05) is 6.07 Å². The lowest BCUT2D eigenvalue weighted by molar-refractivity contribution is -0.132. The van der Waals surface area contributed by atoms with Gasteiger partial charge in [-0.25, -0.2) is 4.79 Å². The molecular weight excluding hydrogens is 270 g/mol. The second-order valence-corrected chi connectivity index (χ2v) is 5.59. The lowest BCUT2D eigenvalue weighted by atomic mass is 10.1. The maximum absolute atomic E-state index is 12.3. The number of rotatable bonds is 2. The number of nitrogens with zero attached hydrogens (tertiary/aromatic N) is 3. The van der Waals surface area contributed by atoms with Gasteiger partial charge in [0.1, 0.15) is 0 Å². The summed E-state index contributed by atoms with van der Waals surface area (Å²) in [5.74, 6) is -0.247. The number of aryl methyl sites for hydroxylation is 1. The van der Waals surface area contributed by atoms with Crippen molar-refractivity contribution in [1.29, 1.82) is 0 Å². The number of hydrogen-bond donors (Lipinski definition) is 0. The van der Waals surface area contributed by atoms with E-state index < -0.39 is 0 Å². The lowest BCUT2D eigenvalue weighted by Gasteiger charge is -2.32. The predicted molar refractivity (Wildman–Crippen MR) is 79.2 cm³/mol. The fourth-order valence-electron chi connectivity index (χ4n) is 2.62. The van der Waals surface area contributed by atoms with Gasteiger partial charge in [-0.2, -0.15) is 0 Å². The SMILES string of the molecule is CN1CCN(C(=O)Cc2ccc3oc(=O)n(C)c3c2)CC1. The monoisotopic (exact) mass is 289 g/mol. The van der Waals surface area contributed by atoms with Crippen LogP contribution in [0.5, 0.6) is 0 Å². The zero-order valence-electron chi connectivity index (χ0n) is 12.3. The summed E-state index contributed by atoms with van der Waals surface area (Å²) in [5.41, 5.74) is 2.19. The highest BCUT2D eigenvalue weighted by Crippen LogP contribution is 2.15. The van der Waals surface area contributed by atoms with Crippen molar-refractivity contribution in [3.8, 4) is 0 Å². The van der Waals surface area contributed by atoms with Crippen LogP contribution in [-0.2, 0) is 18.3 Å². The van der Waals surface area contributed by atoms with Crippen LogP contribution in [0, 0.1) is 0 Å². The molecule has 2 aromatic rings. The average Bonchev–Trinajstić information content (AvgIpc) is 2.75. The van der Waals surface area contributed by atoms with Crippen molar-refractivity contribution in [1.82, 2.24) is 14.4 Å². The van der Waals surface area contributed by atoms with Crippen molar-refractivity contribution in [3.63, 3.8) is 0 Å². The highest BCUT2D eigenvalue weighted by Gasteiger charge is 2.19. The van der Waals surface area contributed by atoms with Crippen LogP contribution in [0.1, 0.15) is 5.56 Å². The largest absolute Gasteiger partial charge is 0.419 e. The molecule has 6 nitrogen and oxygen atoms in total. The Bertz CT molecular complexity index is 723. The Morgan fingerprint density at radius 1 is 1.19 bits per heavy atom. The quantitative estimate of drug-likeness (QED) is 0.805. The molecule has 1 aromatic carbocycles. The van der Waals surface area contributed by atoms with Crippen LogP contribution in [-0.4, -0.2) is 53.5 Å². The molecule has 0 bridgehead atoms. The zero-order chi connectivity index (χ0) is 15.0. The van der Waals surface area contributed by atoms with E-state index in [1.807, 2.05) is 17.0 Å². The molecule has 0 N–H and O–H groups in total. The number of piperazine rings is 1. The van der Waals surface area contributed by atoms with Crippen LogP contribution >= 0.6 is 0 Å². The number of oxazole rings is 1. The molecule has 1 aromatic heterocycles. The maximum atomic E-state index is 12.3. The van der Waals surface area contributed by atoms with E-state index in [0.29, 0.717) is 12.0 Å². The molecule has 0 radical (unpaired) electrons. The number of amides is 1. The molecule has 0 atom stereocenters. The number of carbonyl (C=O) groups is 1. The zero-order valence-corrected chi connectivity index (χ0v) is 12.3. The van der Waals surface area contributed by atoms with Crippen molar-refractivity contribution < 1.29 is 9.21 Å². The van der Waals surface area contributed by atoms with Gasteiger partial charge >= 0.3 is 5.76 Å². The Hall–Kier alpha value is -2.08. The first-order valence-electron chi connectivity index (χ1n) is 7.09. The second-order valence-electron chi connectivity index (χ2n) is 5.59. The molecule has 0 aliphatic carbocycles. The second kappa shape index (κ2) is 5.37. The predicted octanol–water partition coefficient (Wildman–Crippen LogP) is 0.448. The molecule has 3 rings (SSSR count). The van der Waals surface area contributed by atoms with Crippen molar-refractivity contribution in [2.24, 2.45) is 7.05 Å². The molecule has 2 heterocycles. The molecule has 1 aliphatic heterocycles. The number of benzene rings is 1. The summed E-state index contributed by atoms with van der Waals surface area (Å²) in [6.45, 7) is 3.39. The van der Waals surface area contributed by atoms with Gasteiger partial charge in [-0.15, -0.1) is 0 Å². The smallest absolute Gasteiger partial charge is 0.408 e. The maximum Gasteiger partial charge on any atom is 0.419 e. The van der Waals surface area contributed by atoms with Crippen LogP contribution in [0.4, 0.5) is 0 Å². The minimum Gasteiger partial charge on any atom is -0.408 e. The average molecular weight is 289 g/mol. The molecule has 0 saturated carbocycles. The van der Waals surface area contributed by atoms with E-state index in [-0.39, 0.29) is 11.7 Å². The molecule has 21 heavy (non-hydrogen) atoms. The van der Waals surface area contributed by atoms with Gasteiger partial charge in [0.05, 0.1) is 11.9 Å². The summed E-state index contributed by atoms with van der Waals surface area (Å²) >= 11 is 0. The Morgan fingerprint density at radius 2 is 1.90 bits per heavy atom. The van der Waals surface area contributed by atoms with Gasteiger partial charge in [0.25, 0.3) is 0 Å². The van der Waals surface area contributed by atoms with Crippen LogP contribution in [0.15, 0.2) is 27.4 Å². The van der Waals surface area contributed by atoms with Gasteiger partial charge < -0.3 is 14.2 Å². The number of hydrogen-bond acceptors (Lipinski definition) is 4. The van der Waals surface area contributed by atoms with Crippen molar-refractivity contribution >= 4 is 17.0 Å². The van der Waals surface area contributed by atoms with E-state index in [1.54, 1.807) is 13.1 Å². The lowest BCUT2D eigenvalue weighted by Crippen LogP contribution is -2.47. The summed E-state index contributed by atoms with van der Waals surface area (Å²) in [4.78, 5) is 27.9. The summed E-state index contributed by atoms with van der Waals surface area (Å²) in [7, 11) is 3.73. The summed E-state index contributed by atoms with van der Waals surface area (Å²) in [5, 5.41) is 0. The normalized spacial score (nSPS) is 16.6. The van der Waals surface area contributed by atoms with E-state index in [1.165, 1.54) is 4.57 Å². The van der Waals surface area contributed by atoms with Crippen LogP contribution in [0.25, 0.3) is 11.1 Å². The third-order valence-electron chi connectivity index (χ3n) is 4.07. The van der Waals surface area contributed by atoms with E-state index in [0.717, 1.165) is 37.3 Å². The molecule has 0 spiro atoms. The minimum absolute atomic E-state index is 0.135. The fourth-order valence-corrected chi connectivity index (χ4v) is 2.62.